The van der Waals surface area contributed by atoms with Crippen LogP contribution in [0.3, 0.4) is 0 Å². The molecule has 0 aliphatic carbocycles. The number of rotatable bonds is 4. The molecule has 0 bridgehead atoms. The van der Waals surface area contributed by atoms with E-state index in [-0.39, 0.29) is 6.03 Å². The molecular weight excluding hydrogens is 256 g/mol. The molecule has 0 fully saturated rings. The average molecular weight is 274 g/mol. The lowest BCUT2D eigenvalue weighted by Crippen LogP contribution is -2.30. The minimum Gasteiger partial charge on any atom is -0.472 e. The fourth-order valence-electron chi connectivity index (χ4n) is 1.79. The molecule has 2 aromatic rings. The quantitative estimate of drug-likeness (QED) is 0.900. The molecule has 5 nitrogen and oxygen atoms in total. The van der Waals surface area contributed by atoms with E-state index >= 15 is 0 Å². The summed E-state index contributed by atoms with van der Waals surface area (Å²) in [6.07, 6.45) is 2.68. The summed E-state index contributed by atoms with van der Waals surface area (Å²) in [6, 6.07) is 8.74. The van der Waals surface area contributed by atoms with Crippen LogP contribution in [0.5, 0.6) is 0 Å². The van der Waals surface area contributed by atoms with E-state index in [9.17, 15) is 9.90 Å². The molecule has 2 amide bonds. The molecule has 0 radical (unpaired) electrons. The first-order chi connectivity index (χ1) is 9.56. The number of hydrogen-bond acceptors (Lipinski definition) is 3. The normalized spacial score (nSPS) is 11.9. The second kappa shape index (κ2) is 6.25. The molecular formula is C15H18N2O3. The monoisotopic (exact) mass is 274 g/mol. The van der Waals surface area contributed by atoms with Crippen molar-refractivity contribution in [2.75, 3.05) is 12.4 Å². The number of amides is 2. The van der Waals surface area contributed by atoms with Crippen LogP contribution in [0, 0.1) is 0 Å². The zero-order valence-corrected chi connectivity index (χ0v) is 11.5. The van der Waals surface area contributed by atoms with Crippen molar-refractivity contribution in [2.24, 2.45) is 0 Å². The molecule has 0 spiro atoms. The number of hydrogen-bond donors (Lipinski definition) is 2. The molecule has 1 heterocycles. The Bertz CT molecular complexity index is 547. The van der Waals surface area contributed by atoms with E-state index in [1.54, 1.807) is 55.7 Å². The fraction of sp³-hybridized carbons (Fsp3) is 0.267. The van der Waals surface area contributed by atoms with E-state index in [0.29, 0.717) is 12.2 Å². The van der Waals surface area contributed by atoms with Crippen LogP contribution >= 0.6 is 0 Å². The second-order valence-corrected chi connectivity index (χ2v) is 4.72. The minimum atomic E-state index is -0.511. The van der Waals surface area contributed by atoms with Gasteiger partial charge in [0.2, 0.25) is 0 Å². The van der Waals surface area contributed by atoms with Crippen molar-refractivity contribution in [3.05, 3.63) is 54.0 Å². The topological polar surface area (TPSA) is 65.7 Å². The highest BCUT2D eigenvalue weighted by Gasteiger charge is 2.10. The highest BCUT2D eigenvalue weighted by molar-refractivity contribution is 5.89. The number of furan rings is 1. The van der Waals surface area contributed by atoms with Gasteiger partial charge in [0.1, 0.15) is 0 Å². The first-order valence-electron chi connectivity index (χ1n) is 6.37. The molecule has 2 N–H and O–H groups in total. The van der Waals surface area contributed by atoms with Gasteiger partial charge in [-0.05, 0) is 30.7 Å². The van der Waals surface area contributed by atoms with E-state index < -0.39 is 6.10 Å². The van der Waals surface area contributed by atoms with Crippen molar-refractivity contribution < 1.29 is 14.3 Å². The third-order valence-corrected chi connectivity index (χ3v) is 2.99. The highest BCUT2D eigenvalue weighted by Crippen LogP contribution is 2.16. The van der Waals surface area contributed by atoms with Crippen LogP contribution < -0.4 is 5.32 Å². The number of aliphatic hydroxyl groups excluding tert-OH is 1. The SMILES string of the molecule is CC(O)c1ccc(NC(=O)N(C)Cc2ccoc2)cc1. The molecule has 5 heteroatoms. The van der Waals surface area contributed by atoms with Crippen molar-refractivity contribution in [3.63, 3.8) is 0 Å². The van der Waals surface area contributed by atoms with E-state index in [1.807, 2.05) is 6.07 Å². The molecule has 2 rings (SSSR count). The smallest absolute Gasteiger partial charge is 0.321 e. The van der Waals surface area contributed by atoms with Crippen LogP contribution in [0.15, 0.2) is 47.3 Å². The number of nitrogens with one attached hydrogen (secondary N) is 1. The molecule has 20 heavy (non-hydrogen) atoms. The summed E-state index contributed by atoms with van der Waals surface area (Å²) in [5.41, 5.74) is 2.44. The largest absolute Gasteiger partial charge is 0.472 e. The first kappa shape index (κ1) is 14.1. The Kier molecular flexibility index (Phi) is 4.42. The van der Waals surface area contributed by atoms with Gasteiger partial charge in [-0.3, -0.25) is 0 Å². The van der Waals surface area contributed by atoms with Crippen molar-refractivity contribution >= 4 is 11.7 Å². The molecule has 1 aromatic carbocycles. The van der Waals surface area contributed by atoms with Gasteiger partial charge in [0.15, 0.2) is 0 Å². The van der Waals surface area contributed by atoms with Gasteiger partial charge in [0.25, 0.3) is 0 Å². The molecule has 1 atom stereocenters. The van der Waals surface area contributed by atoms with Gasteiger partial charge >= 0.3 is 6.03 Å². The van der Waals surface area contributed by atoms with Gasteiger partial charge in [-0.2, -0.15) is 0 Å². The Hall–Kier alpha value is -2.27. The number of benzene rings is 1. The Morgan fingerprint density at radius 1 is 1.35 bits per heavy atom. The maximum absolute atomic E-state index is 12.0. The van der Waals surface area contributed by atoms with Gasteiger partial charge in [-0.15, -0.1) is 0 Å². The van der Waals surface area contributed by atoms with Gasteiger partial charge in [-0.25, -0.2) is 4.79 Å². The minimum absolute atomic E-state index is 0.198. The number of urea groups is 1. The predicted octanol–water partition coefficient (Wildman–Crippen LogP) is 3.00. The van der Waals surface area contributed by atoms with E-state index in [0.717, 1.165) is 11.1 Å². The molecule has 0 aliphatic heterocycles. The maximum Gasteiger partial charge on any atom is 0.321 e. The second-order valence-electron chi connectivity index (χ2n) is 4.72. The van der Waals surface area contributed by atoms with Crippen LogP contribution in [0.2, 0.25) is 0 Å². The molecule has 106 valence electrons. The zero-order chi connectivity index (χ0) is 14.5. The molecule has 0 aliphatic rings. The number of carbonyl (C=O) groups is 1. The van der Waals surface area contributed by atoms with Crippen molar-refractivity contribution in [1.29, 1.82) is 0 Å². The molecule has 0 saturated carbocycles. The fourth-order valence-corrected chi connectivity index (χ4v) is 1.79. The zero-order valence-electron chi connectivity index (χ0n) is 11.5. The van der Waals surface area contributed by atoms with Gasteiger partial charge in [0.05, 0.1) is 25.2 Å². The Morgan fingerprint density at radius 2 is 2.05 bits per heavy atom. The molecule has 0 saturated heterocycles. The standard InChI is InChI=1S/C15H18N2O3/c1-11(18)13-3-5-14(6-4-13)16-15(19)17(2)9-12-7-8-20-10-12/h3-8,10-11,18H,9H2,1-2H3,(H,16,19). The lowest BCUT2D eigenvalue weighted by Gasteiger charge is -2.17. The highest BCUT2D eigenvalue weighted by atomic mass is 16.3. The summed E-state index contributed by atoms with van der Waals surface area (Å²) in [7, 11) is 1.71. The number of carbonyl (C=O) groups excluding carboxylic acids is 1. The van der Waals surface area contributed by atoms with E-state index in [1.165, 1.54) is 0 Å². The van der Waals surface area contributed by atoms with E-state index in [2.05, 4.69) is 5.32 Å². The van der Waals surface area contributed by atoms with Crippen molar-refractivity contribution in [1.82, 2.24) is 4.90 Å². The number of nitrogens with zero attached hydrogens (tertiary/aromatic N) is 1. The van der Waals surface area contributed by atoms with Gasteiger partial charge < -0.3 is 19.7 Å². The third-order valence-electron chi connectivity index (χ3n) is 2.99. The summed E-state index contributed by atoms with van der Waals surface area (Å²) in [5, 5.41) is 12.2. The van der Waals surface area contributed by atoms with Crippen molar-refractivity contribution in [3.8, 4) is 0 Å². The van der Waals surface area contributed by atoms with Gasteiger partial charge in [-0.1, -0.05) is 12.1 Å². The predicted molar refractivity (Wildman–Crippen MR) is 76.3 cm³/mol. The van der Waals surface area contributed by atoms with Crippen molar-refractivity contribution in [2.45, 2.75) is 19.6 Å². The van der Waals surface area contributed by atoms with Crippen LogP contribution in [-0.4, -0.2) is 23.1 Å². The molecule has 1 unspecified atom stereocenters. The number of aliphatic hydroxyl groups is 1. The molecule has 1 aromatic heterocycles. The van der Waals surface area contributed by atoms with Crippen LogP contribution in [0.1, 0.15) is 24.2 Å². The lowest BCUT2D eigenvalue weighted by molar-refractivity contribution is 0.199. The number of anilines is 1. The third kappa shape index (κ3) is 3.61. The Morgan fingerprint density at radius 3 is 2.60 bits per heavy atom. The summed E-state index contributed by atoms with van der Waals surface area (Å²) >= 11 is 0. The summed E-state index contributed by atoms with van der Waals surface area (Å²) in [6.45, 7) is 2.18. The van der Waals surface area contributed by atoms with Crippen LogP contribution in [0.25, 0.3) is 0 Å². The van der Waals surface area contributed by atoms with Crippen LogP contribution in [-0.2, 0) is 6.54 Å². The first-order valence-corrected chi connectivity index (χ1v) is 6.37. The Labute approximate surface area is 117 Å². The van der Waals surface area contributed by atoms with Gasteiger partial charge in [0, 0.05) is 18.3 Å². The average Bonchev–Trinajstić information content (AvgIpc) is 2.92. The Balaban J connectivity index is 1.93. The summed E-state index contributed by atoms with van der Waals surface area (Å²) in [4.78, 5) is 13.6. The summed E-state index contributed by atoms with van der Waals surface area (Å²) in [5.74, 6) is 0. The van der Waals surface area contributed by atoms with E-state index in [4.69, 9.17) is 4.42 Å². The maximum atomic E-state index is 12.0. The summed E-state index contributed by atoms with van der Waals surface area (Å²) < 4.78 is 4.97. The van der Waals surface area contributed by atoms with Crippen LogP contribution in [0.4, 0.5) is 10.5 Å². The lowest BCUT2D eigenvalue weighted by atomic mass is 10.1.